The van der Waals surface area contributed by atoms with Crippen molar-refractivity contribution in [2.24, 2.45) is 0 Å². The molecule has 0 radical (unpaired) electrons. The average Bonchev–Trinajstić information content (AvgIpc) is 1.98. The molecule has 0 saturated carbocycles. The minimum Gasteiger partial charge on any atom is -0.385 e. The molecule has 1 aliphatic carbocycles. The van der Waals surface area contributed by atoms with E-state index in [1.54, 1.807) is 6.92 Å². The van der Waals surface area contributed by atoms with Crippen LogP contribution >= 0.6 is 47.8 Å². The third-order valence-electron chi connectivity index (χ3n) is 3.47. The summed E-state index contributed by atoms with van der Waals surface area (Å²) in [7, 11) is 0. The summed E-state index contributed by atoms with van der Waals surface area (Å²) in [4.78, 5) is 0. The molecule has 1 N–H and O–H groups in total. The van der Waals surface area contributed by atoms with E-state index in [1.165, 1.54) is 0 Å². The lowest BCUT2D eigenvalue weighted by Crippen LogP contribution is -2.65. The number of hydrogen-bond donors (Lipinski definition) is 1. The van der Waals surface area contributed by atoms with Gasteiger partial charge in [-0.25, -0.2) is 0 Å². The van der Waals surface area contributed by atoms with Gasteiger partial charge in [-0.2, -0.15) is 0 Å². The molecule has 0 amide bonds. The number of rotatable bonds is 0. The molecular weight excluding hydrogens is 376 g/mol. The zero-order chi connectivity index (χ0) is 11.4. The van der Waals surface area contributed by atoms with E-state index in [2.05, 4.69) is 61.6 Å². The van der Waals surface area contributed by atoms with Gasteiger partial charge in [0, 0.05) is 0 Å². The summed E-state index contributed by atoms with van der Waals surface area (Å²) in [5.41, 5.74) is -0.876. The normalized spacial score (nSPS) is 58.9. The number of aliphatic hydroxyl groups is 1. The predicted molar refractivity (Wildman–Crippen MR) is 71.8 cm³/mol. The van der Waals surface area contributed by atoms with E-state index in [-0.39, 0.29) is 8.65 Å². The summed E-state index contributed by atoms with van der Waals surface area (Å²) >= 11 is 11.0. The summed E-state index contributed by atoms with van der Waals surface area (Å²) in [5.74, 6) is 0. The second-order valence-corrected chi connectivity index (χ2v) is 9.38. The molecule has 1 nitrogen and oxygen atoms in total. The van der Waals surface area contributed by atoms with Crippen molar-refractivity contribution in [3.63, 3.8) is 0 Å². The van der Waals surface area contributed by atoms with Gasteiger partial charge in [-0.15, -0.1) is 0 Å². The van der Waals surface area contributed by atoms with Crippen molar-refractivity contribution in [2.75, 3.05) is 0 Å². The summed E-state index contributed by atoms with van der Waals surface area (Å²) in [5, 5.41) is 10.3. The highest BCUT2D eigenvalue weighted by atomic mass is 79.9. The smallest absolute Gasteiger partial charge is 0.0964 e. The van der Waals surface area contributed by atoms with Crippen molar-refractivity contribution in [1.29, 1.82) is 0 Å². The van der Waals surface area contributed by atoms with Gasteiger partial charge in [0.05, 0.1) is 18.6 Å². The van der Waals surface area contributed by atoms with Gasteiger partial charge in [0.25, 0.3) is 0 Å². The minimum atomic E-state index is -0.876. The van der Waals surface area contributed by atoms with Crippen molar-refractivity contribution >= 4 is 47.8 Å². The van der Waals surface area contributed by atoms with E-state index in [0.717, 1.165) is 0 Å². The van der Waals surface area contributed by atoms with Crippen LogP contribution in [0.4, 0.5) is 0 Å². The van der Waals surface area contributed by atoms with Crippen molar-refractivity contribution < 1.29 is 5.11 Å². The maximum atomic E-state index is 10.3. The molecule has 4 unspecified atom stereocenters. The molecule has 0 aliphatic heterocycles. The topological polar surface area (TPSA) is 20.2 Å². The van der Waals surface area contributed by atoms with Crippen LogP contribution in [0.2, 0.25) is 0 Å². The first-order valence-electron chi connectivity index (χ1n) is 4.45. The molecule has 0 saturated heterocycles. The van der Waals surface area contributed by atoms with Gasteiger partial charge in [-0.1, -0.05) is 59.9 Å². The maximum absolute atomic E-state index is 10.3. The molecule has 14 heavy (non-hydrogen) atoms. The van der Waals surface area contributed by atoms with Gasteiger partial charge >= 0.3 is 0 Å². The monoisotopic (exact) mass is 388 g/mol. The summed E-state index contributed by atoms with van der Waals surface area (Å²) in [6.07, 6.45) is 3.82. The summed E-state index contributed by atoms with van der Waals surface area (Å²) < 4.78 is -0.925. The van der Waals surface area contributed by atoms with Crippen LogP contribution in [0, 0.1) is 0 Å². The van der Waals surface area contributed by atoms with Crippen LogP contribution in [-0.2, 0) is 0 Å². The van der Waals surface area contributed by atoms with Gasteiger partial charge in [0.2, 0.25) is 0 Å². The van der Waals surface area contributed by atoms with E-state index in [4.69, 9.17) is 0 Å². The maximum Gasteiger partial charge on any atom is 0.0964 e. The zero-order valence-corrected chi connectivity index (χ0v) is 13.5. The fraction of sp³-hybridized carbons (Fsp3) is 0.800. The van der Waals surface area contributed by atoms with E-state index < -0.39 is 9.93 Å². The molecule has 0 heterocycles. The Kier molecular flexibility index (Phi) is 3.13. The van der Waals surface area contributed by atoms with E-state index >= 15 is 0 Å². The van der Waals surface area contributed by atoms with Crippen LogP contribution < -0.4 is 0 Å². The highest BCUT2D eigenvalue weighted by Crippen LogP contribution is 2.57. The number of halogens is 3. The van der Waals surface area contributed by atoms with Crippen LogP contribution in [-0.4, -0.2) is 23.7 Å². The molecular formula is C10H15Br3O. The van der Waals surface area contributed by atoms with Crippen molar-refractivity contribution in [2.45, 2.75) is 46.3 Å². The Balaban J connectivity index is 3.36. The molecule has 0 aromatic carbocycles. The summed E-state index contributed by atoms with van der Waals surface area (Å²) in [6.45, 7) is 7.94. The van der Waals surface area contributed by atoms with Gasteiger partial charge < -0.3 is 5.11 Å². The Morgan fingerprint density at radius 3 is 1.64 bits per heavy atom. The van der Waals surface area contributed by atoms with Crippen LogP contribution in [0.5, 0.6) is 0 Å². The minimum absolute atomic E-state index is 0.194. The first-order valence-corrected chi connectivity index (χ1v) is 6.83. The Morgan fingerprint density at radius 2 is 1.29 bits per heavy atom. The molecule has 4 heteroatoms. The first kappa shape index (κ1) is 13.2. The van der Waals surface area contributed by atoms with Crippen LogP contribution in [0.25, 0.3) is 0 Å². The SMILES string of the molecule is CC1(O)C=CC(C)(Br)C(C)(Br)C1(C)Br. The number of alkyl halides is 3. The molecule has 0 aromatic heterocycles. The second-order valence-electron chi connectivity index (χ2n) is 4.56. The molecule has 0 aromatic rings. The zero-order valence-electron chi connectivity index (χ0n) is 8.74. The van der Waals surface area contributed by atoms with Gasteiger partial charge in [-0.3, -0.25) is 0 Å². The van der Waals surface area contributed by atoms with Gasteiger partial charge in [-0.05, 0) is 27.7 Å². The molecule has 1 aliphatic rings. The highest BCUT2D eigenvalue weighted by molar-refractivity contribution is 9.14. The lowest BCUT2D eigenvalue weighted by Gasteiger charge is -2.55. The van der Waals surface area contributed by atoms with E-state index in [9.17, 15) is 5.11 Å². The molecule has 0 bridgehead atoms. The number of allylic oxidation sites excluding steroid dienone is 1. The molecule has 1 rings (SSSR count). The Morgan fingerprint density at radius 1 is 0.857 bits per heavy atom. The fourth-order valence-corrected chi connectivity index (χ4v) is 3.44. The Hall–Kier alpha value is 1.14. The highest BCUT2D eigenvalue weighted by Gasteiger charge is 2.61. The van der Waals surface area contributed by atoms with Crippen molar-refractivity contribution in [3.8, 4) is 0 Å². The molecule has 4 atom stereocenters. The lowest BCUT2D eigenvalue weighted by molar-refractivity contribution is 0.0519. The van der Waals surface area contributed by atoms with Crippen LogP contribution in [0.3, 0.4) is 0 Å². The largest absolute Gasteiger partial charge is 0.385 e. The standard InChI is InChI=1S/C10H15Br3O/c1-7(11)5-6-8(2,14)10(4,13)9(7,3)12/h5-6,14H,1-4H3. The fourth-order valence-electron chi connectivity index (χ4n) is 1.57. The molecule has 0 spiro atoms. The first-order chi connectivity index (χ1) is 5.96. The quantitative estimate of drug-likeness (QED) is 0.493. The number of hydrogen-bond acceptors (Lipinski definition) is 1. The second kappa shape index (κ2) is 3.31. The van der Waals surface area contributed by atoms with E-state index in [0.29, 0.717) is 0 Å². The third kappa shape index (κ3) is 1.57. The predicted octanol–water partition coefficient (Wildman–Crippen LogP) is 3.77. The third-order valence-corrected chi connectivity index (χ3v) is 8.80. The van der Waals surface area contributed by atoms with Crippen LogP contribution in [0.1, 0.15) is 27.7 Å². The Labute approximate surface area is 111 Å². The van der Waals surface area contributed by atoms with Gasteiger partial charge in [0.15, 0.2) is 0 Å². The lowest BCUT2D eigenvalue weighted by atomic mass is 9.70. The molecule has 82 valence electrons. The summed E-state index contributed by atoms with van der Waals surface area (Å²) in [6, 6.07) is 0. The van der Waals surface area contributed by atoms with Gasteiger partial charge in [0.1, 0.15) is 0 Å². The Bertz CT molecular complexity index is 249. The van der Waals surface area contributed by atoms with Crippen LogP contribution in [0.15, 0.2) is 12.2 Å². The van der Waals surface area contributed by atoms with E-state index in [1.807, 2.05) is 19.1 Å². The van der Waals surface area contributed by atoms with Crippen molar-refractivity contribution in [1.82, 2.24) is 0 Å². The van der Waals surface area contributed by atoms with Crippen molar-refractivity contribution in [3.05, 3.63) is 12.2 Å². The molecule has 0 fully saturated rings. The average molecular weight is 391 g/mol.